The third-order valence-electron chi connectivity index (χ3n) is 7.39. The van der Waals surface area contributed by atoms with Crippen molar-refractivity contribution in [1.29, 1.82) is 0 Å². The van der Waals surface area contributed by atoms with E-state index in [1.165, 1.54) is 31.2 Å². The van der Waals surface area contributed by atoms with Crippen LogP contribution >= 0.6 is 0 Å². The van der Waals surface area contributed by atoms with Gasteiger partial charge in [-0.2, -0.15) is 0 Å². The molecule has 9 N–H and O–H groups in total. The van der Waals surface area contributed by atoms with Crippen molar-refractivity contribution in [1.82, 2.24) is 0 Å². The number of benzene rings is 2. The van der Waals surface area contributed by atoms with Gasteiger partial charge in [-0.1, -0.05) is 0 Å². The van der Waals surface area contributed by atoms with Gasteiger partial charge in [0.25, 0.3) is 0 Å². The second-order valence-electron chi connectivity index (χ2n) is 10.1. The Morgan fingerprint density at radius 3 is 2.15 bits per heavy atom. The number of fused-ring (bicyclic) bond motifs is 1. The normalized spacial score (nSPS) is 34.1. The van der Waals surface area contributed by atoms with Gasteiger partial charge in [-0.25, -0.2) is 0 Å². The maximum Gasteiger partial charge on any atom is 0.197 e. The van der Waals surface area contributed by atoms with Gasteiger partial charge in [0.2, 0.25) is 0 Å². The smallest absolute Gasteiger partial charge is 0.197 e. The molecule has 3 aromatic rings. The molecular formula is C27H30O14. The molecule has 1 aromatic heterocycles. The zero-order chi connectivity index (χ0) is 29.7. The van der Waals surface area contributed by atoms with Crippen molar-refractivity contribution in [3.05, 3.63) is 52.2 Å². The molecule has 41 heavy (non-hydrogen) atoms. The first-order valence-corrected chi connectivity index (χ1v) is 12.7. The summed E-state index contributed by atoms with van der Waals surface area (Å²) in [7, 11) is 0. The summed E-state index contributed by atoms with van der Waals surface area (Å²) in [5.74, 6) is -1.38. The number of aromatic hydroxyl groups is 3. The van der Waals surface area contributed by atoms with E-state index in [0.717, 1.165) is 12.1 Å². The van der Waals surface area contributed by atoms with Crippen molar-refractivity contribution in [3.63, 3.8) is 0 Å². The first-order chi connectivity index (χ1) is 19.4. The fraction of sp³-hybridized carbons (Fsp3) is 0.444. The molecule has 14 nitrogen and oxygen atoms in total. The van der Waals surface area contributed by atoms with E-state index < -0.39 is 90.3 Å². The minimum atomic E-state index is -1.88. The highest BCUT2D eigenvalue weighted by atomic mass is 16.7. The van der Waals surface area contributed by atoms with Crippen molar-refractivity contribution < 1.29 is 64.6 Å². The molecule has 10 unspecified atom stereocenters. The third kappa shape index (κ3) is 5.25. The van der Waals surface area contributed by atoms with Gasteiger partial charge in [0.15, 0.2) is 11.7 Å². The van der Waals surface area contributed by atoms with E-state index in [2.05, 4.69) is 0 Å². The van der Waals surface area contributed by atoms with Crippen molar-refractivity contribution in [2.75, 3.05) is 6.61 Å². The van der Waals surface area contributed by atoms with Crippen LogP contribution in [-0.2, 0) is 14.2 Å². The maximum atomic E-state index is 13.0. The SMILES string of the molecule is CC1OC(OCC2OC(c3c(O)cc4oc(-c5ccc(O)cc5)cc(=O)c4c3O)C(O)C(O)C2O)C(O)C(O)C1O. The van der Waals surface area contributed by atoms with Gasteiger partial charge in [0.05, 0.1) is 18.3 Å². The van der Waals surface area contributed by atoms with Crippen LogP contribution < -0.4 is 5.43 Å². The fourth-order valence-electron chi connectivity index (χ4n) is 5.02. The van der Waals surface area contributed by atoms with E-state index >= 15 is 0 Å². The Bertz CT molecular complexity index is 1460. The Morgan fingerprint density at radius 1 is 0.805 bits per heavy atom. The van der Waals surface area contributed by atoms with Crippen LogP contribution in [-0.4, -0.2) is 108 Å². The molecule has 0 bridgehead atoms. The molecule has 14 heteroatoms. The lowest BCUT2D eigenvalue weighted by Gasteiger charge is -2.43. The van der Waals surface area contributed by atoms with Gasteiger partial charge in [0.1, 0.15) is 82.8 Å². The van der Waals surface area contributed by atoms with Gasteiger partial charge >= 0.3 is 0 Å². The second kappa shape index (κ2) is 11.2. The molecule has 2 aromatic carbocycles. The number of phenolic OH excluding ortho intramolecular Hbond substituents is 3. The van der Waals surface area contributed by atoms with E-state index in [4.69, 9.17) is 18.6 Å². The highest BCUT2D eigenvalue weighted by molar-refractivity contribution is 5.88. The first-order valence-electron chi connectivity index (χ1n) is 12.7. The largest absolute Gasteiger partial charge is 0.508 e. The molecule has 2 aliphatic rings. The van der Waals surface area contributed by atoms with Crippen LogP contribution in [0.25, 0.3) is 22.3 Å². The number of aliphatic hydroxyl groups is 6. The summed E-state index contributed by atoms with van der Waals surface area (Å²) in [4.78, 5) is 13.0. The lowest BCUT2D eigenvalue weighted by Crippen LogP contribution is -2.59. The molecule has 0 spiro atoms. The minimum Gasteiger partial charge on any atom is -0.508 e. The van der Waals surface area contributed by atoms with Crippen LogP contribution in [0.4, 0.5) is 0 Å². The standard InChI is InChI=1S/C27H30O14/c1-9-19(31)22(34)25(37)27(39-9)38-8-16-20(32)23(35)24(36)26(41-16)18-13(30)7-15-17(21(18)33)12(29)6-14(40-15)10-2-4-11(28)5-3-10/h2-7,9,16,19-20,22-28,30-37H,8H2,1H3. The van der Waals surface area contributed by atoms with E-state index in [1.54, 1.807) is 0 Å². The lowest BCUT2D eigenvalue weighted by atomic mass is 9.89. The van der Waals surface area contributed by atoms with E-state index in [-0.39, 0.29) is 22.5 Å². The molecule has 2 fully saturated rings. The predicted molar refractivity (Wildman–Crippen MR) is 137 cm³/mol. The first kappa shape index (κ1) is 29.2. The zero-order valence-electron chi connectivity index (χ0n) is 21.5. The summed E-state index contributed by atoms with van der Waals surface area (Å²) >= 11 is 0. The topological polar surface area (TPSA) is 240 Å². The predicted octanol–water partition coefficient (Wildman–Crippen LogP) is -1.06. The van der Waals surface area contributed by atoms with Crippen LogP contribution in [0.15, 0.2) is 45.6 Å². The van der Waals surface area contributed by atoms with Crippen LogP contribution in [0.2, 0.25) is 0 Å². The second-order valence-corrected chi connectivity index (χ2v) is 10.1. The van der Waals surface area contributed by atoms with Crippen LogP contribution in [0, 0.1) is 0 Å². The van der Waals surface area contributed by atoms with Gasteiger partial charge in [-0.3, -0.25) is 4.79 Å². The van der Waals surface area contributed by atoms with Gasteiger partial charge < -0.3 is 64.6 Å². The molecule has 3 heterocycles. The quantitative estimate of drug-likeness (QED) is 0.175. The van der Waals surface area contributed by atoms with Gasteiger partial charge in [-0.05, 0) is 31.2 Å². The Kier molecular flexibility index (Phi) is 7.95. The Morgan fingerprint density at radius 2 is 1.46 bits per heavy atom. The summed E-state index contributed by atoms with van der Waals surface area (Å²) in [6.45, 7) is 0.875. The monoisotopic (exact) mass is 578 g/mol. The van der Waals surface area contributed by atoms with E-state index in [9.17, 15) is 50.8 Å². The highest BCUT2D eigenvalue weighted by Crippen LogP contribution is 2.45. The molecule has 222 valence electrons. The number of aliphatic hydroxyl groups excluding tert-OH is 6. The molecular weight excluding hydrogens is 548 g/mol. The summed E-state index contributed by atoms with van der Waals surface area (Å²) in [6, 6.07) is 7.86. The zero-order valence-corrected chi connectivity index (χ0v) is 21.5. The molecule has 2 aliphatic heterocycles. The summed E-state index contributed by atoms with van der Waals surface area (Å²) in [5.41, 5.74) is -0.952. The van der Waals surface area contributed by atoms with Crippen molar-refractivity contribution in [2.24, 2.45) is 0 Å². The average Bonchev–Trinajstić information content (AvgIpc) is 2.93. The fourth-order valence-corrected chi connectivity index (χ4v) is 5.02. The van der Waals surface area contributed by atoms with Gasteiger partial charge in [-0.15, -0.1) is 0 Å². The molecule has 0 aliphatic carbocycles. The van der Waals surface area contributed by atoms with Crippen molar-refractivity contribution >= 4 is 11.0 Å². The molecule has 2 saturated heterocycles. The van der Waals surface area contributed by atoms with Crippen LogP contribution in [0.3, 0.4) is 0 Å². The molecule has 10 atom stereocenters. The number of hydrogen-bond acceptors (Lipinski definition) is 14. The minimum absolute atomic E-state index is 0.00717. The number of phenols is 3. The lowest BCUT2D eigenvalue weighted by molar-refractivity contribution is -0.308. The Labute approximate surface area is 231 Å². The number of rotatable bonds is 5. The van der Waals surface area contributed by atoms with E-state index in [1.807, 2.05) is 0 Å². The Hall–Kier alpha value is -3.31. The molecule has 5 rings (SSSR count). The highest BCUT2D eigenvalue weighted by Gasteiger charge is 2.48. The summed E-state index contributed by atoms with van der Waals surface area (Å²) < 4.78 is 22.2. The molecule has 0 radical (unpaired) electrons. The van der Waals surface area contributed by atoms with Crippen LogP contribution in [0.5, 0.6) is 17.2 Å². The van der Waals surface area contributed by atoms with Gasteiger partial charge in [0, 0.05) is 17.7 Å². The number of ether oxygens (including phenoxy) is 3. The van der Waals surface area contributed by atoms with Crippen molar-refractivity contribution in [3.8, 4) is 28.6 Å². The van der Waals surface area contributed by atoms with Crippen molar-refractivity contribution in [2.45, 2.75) is 68.1 Å². The molecule has 0 amide bonds. The average molecular weight is 579 g/mol. The third-order valence-corrected chi connectivity index (χ3v) is 7.39. The molecule has 0 saturated carbocycles. The van der Waals surface area contributed by atoms with E-state index in [0.29, 0.717) is 5.56 Å². The summed E-state index contributed by atoms with van der Waals surface area (Å²) in [5, 5.41) is 92.8. The summed E-state index contributed by atoms with van der Waals surface area (Å²) in [6.07, 6.45) is -15.6. The Balaban J connectivity index is 1.44. The number of hydrogen-bond donors (Lipinski definition) is 9. The maximum absolute atomic E-state index is 13.0. The van der Waals surface area contributed by atoms with Crippen LogP contribution in [0.1, 0.15) is 18.6 Å².